The molecule has 3 rings (SSSR count). The highest BCUT2D eigenvalue weighted by Crippen LogP contribution is 2.18. The van der Waals surface area contributed by atoms with Crippen LogP contribution in [0.1, 0.15) is 5.56 Å². The normalized spacial score (nSPS) is 11.1. The maximum absolute atomic E-state index is 13.2. The van der Waals surface area contributed by atoms with Crippen LogP contribution < -0.4 is 0 Å². The monoisotopic (exact) mass is 263 g/mol. The van der Waals surface area contributed by atoms with Crippen LogP contribution in [0.3, 0.4) is 0 Å². The zero-order valence-corrected chi connectivity index (χ0v) is 9.65. The lowest BCUT2D eigenvalue weighted by molar-refractivity contribution is 0.510. The van der Waals surface area contributed by atoms with E-state index in [-0.39, 0.29) is 6.54 Å². The molecule has 1 aromatic carbocycles. The van der Waals surface area contributed by atoms with Gasteiger partial charge in [0.05, 0.1) is 30.1 Å². The van der Waals surface area contributed by atoms with Gasteiger partial charge in [-0.25, -0.2) is 18.2 Å². The highest BCUT2D eigenvalue weighted by molar-refractivity contribution is 5.75. The standard InChI is InChI=1S/C13H8F3N3/c14-9-1-8(4-17-5-9)6-19-7-18-12-2-10(15)11(16)3-13(12)19/h1-5,7H,6H2. The van der Waals surface area contributed by atoms with Crippen molar-refractivity contribution in [2.24, 2.45) is 0 Å². The minimum absolute atomic E-state index is 0.284. The predicted octanol–water partition coefficient (Wildman–Crippen LogP) is 2.90. The number of benzene rings is 1. The zero-order valence-electron chi connectivity index (χ0n) is 9.65. The van der Waals surface area contributed by atoms with Crippen molar-refractivity contribution in [2.75, 3.05) is 0 Å². The van der Waals surface area contributed by atoms with Crippen LogP contribution in [-0.4, -0.2) is 14.5 Å². The summed E-state index contributed by atoms with van der Waals surface area (Å²) >= 11 is 0. The number of imidazole rings is 1. The lowest BCUT2D eigenvalue weighted by Gasteiger charge is -2.04. The molecule has 0 saturated heterocycles. The average Bonchev–Trinajstić information content (AvgIpc) is 2.73. The third kappa shape index (κ3) is 2.16. The number of hydrogen-bond acceptors (Lipinski definition) is 2. The summed E-state index contributed by atoms with van der Waals surface area (Å²) in [6.07, 6.45) is 4.06. The zero-order chi connectivity index (χ0) is 13.4. The van der Waals surface area contributed by atoms with Gasteiger partial charge in [-0.15, -0.1) is 0 Å². The summed E-state index contributed by atoms with van der Waals surface area (Å²) in [5.41, 5.74) is 1.41. The average molecular weight is 263 g/mol. The summed E-state index contributed by atoms with van der Waals surface area (Å²) in [6, 6.07) is 3.44. The van der Waals surface area contributed by atoms with Crippen molar-refractivity contribution in [1.29, 1.82) is 0 Å². The number of pyridine rings is 1. The van der Waals surface area contributed by atoms with E-state index in [0.717, 1.165) is 18.3 Å². The van der Waals surface area contributed by atoms with Crippen molar-refractivity contribution in [1.82, 2.24) is 14.5 Å². The van der Waals surface area contributed by atoms with Crippen LogP contribution in [0.5, 0.6) is 0 Å². The summed E-state index contributed by atoms with van der Waals surface area (Å²) in [4.78, 5) is 7.72. The van der Waals surface area contributed by atoms with Crippen LogP contribution >= 0.6 is 0 Å². The van der Waals surface area contributed by atoms with Crippen LogP contribution in [0.15, 0.2) is 36.9 Å². The molecule has 0 bridgehead atoms. The smallest absolute Gasteiger partial charge is 0.161 e. The lowest BCUT2D eigenvalue weighted by atomic mass is 10.2. The van der Waals surface area contributed by atoms with Gasteiger partial charge in [-0.1, -0.05) is 0 Å². The summed E-state index contributed by atoms with van der Waals surface area (Å²) in [7, 11) is 0. The second-order valence-corrected chi connectivity index (χ2v) is 4.14. The van der Waals surface area contributed by atoms with Crippen LogP contribution in [0.2, 0.25) is 0 Å². The first-order chi connectivity index (χ1) is 9.13. The van der Waals surface area contributed by atoms with Crippen molar-refractivity contribution >= 4 is 11.0 Å². The van der Waals surface area contributed by atoms with E-state index in [1.807, 2.05) is 0 Å². The van der Waals surface area contributed by atoms with Crippen LogP contribution in [0.4, 0.5) is 13.2 Å². The third-order valence-electron chi connectivity index (χ3n) is 2.78. The van der Waals surface area contributed by atoms with E-state index < -0.39 is 17.5 Å². The van der Waals surface area contributed by atoms with Gasteiger partial charge >= 0.3 is 0 Å². The molecule has 96 valence electrons. The fraction of sp³-hybridized carbons (Fsp3) is 0.0769. The fourth-order valence-electron chi connectivity index (χ4n) is 1.92. The lowest BCUT2D eigenvalue weighted by Crippen LogP contribution is -1.99. The SMILES string of the molecule is Fc1cncc(Cn2cnc3cc(F)c(F)cc32)c1. The van der Waals surface area contributed by atoms with Crippen LogP contribution in [0, 0.1) is 17.5 Å². The van der Waals surface area contributed by atoms with Gasteiger partial charge in [0.2, 0.25) is 0 Å². The molecule has 3 nitrogen and oxygen atoms in total. The maximum Gasteiger partial charge on any atom is 0.161 e. The second kappa shape index (κ2) is 4.38. The van der Waals surface area contributed by atoms with E-state index >= 15 is 0 Å². The number of fused-ring (bicyclic) bond motifs is 1. The van der Waals surface area contributed by atoms with Gasteiger partial charge in [0.1, 0.15) is 5.82 Å². The molecular formula is C13H8F3N3. The topological polar surface area (TPSA) is 30.7 Å². The molecule has 19 heavy (non-hydrogen) atoms. The number of hydrogen-bond donors (Lipinski definition) is 0. The van der Waals surface area contributed by atoms with Gasteiger partial charge in [-0.3, -0.25) is 4.98 Å². The minimum atomic E-state index is -0.940. The van der Waals surface area contributed by atoms with E-state index in [1.165, 1.54) is 18.6 Å². The summed E-state index contributed by atoms with van der Waals surface area (Å²) < 4.78 is 40.9. The Morgan fingerprint density at radius 3 is 2.58 bits per heavy atom. The summed E-state index contributed by atoms with van der Waals surface area (Å²) in [5, 5.41) is 0. The Kier molecular flexibility index (Phi) is 2.70. The van der Waals surface area contributed by atoms with Gasteiger partial charge in [0, 0.05) is 18.3 Å². The van der Waals surface area contributed by atoms with Crippen molar-refractivity contribution in [2.45, 2.75) is 6.54 Å². The van der Waals surface area contributed by atoms with E-state index in [2.05, 4.69) is 9.97 Å². The van der Waals surface area contributed by atoms with Crippen molar-refractivity contribution in [3.8, 4) is 0 Å². The van der Waals surface area contributed by atoms with E-state index in [9.17, 15) is 13.2 Å². The molecule has 0 radical (unpaired) electrons. The summed E-state index contributed by atoms with van der Waals surface area (Å²) in [6.45, 7) is 0.284. The van der Waals surface area contributed by atoms with Crippen molar-refractivity contribution in [3.05, 3.63) is 59.9 Å². The molecular weight excluding hydrogens is 255 g/mol. The Hall–Kier alpha value is -2.37. The molecule has 3 aromatic rings. The molecule has 0 aliphatic heterocycles. The van der Waals surface area contributed by atoms with E-state index in [0.29, 0.717) is 16.6 Å². The number of rotatable bonds is 2. The minimum Gasteiger partial charge on any atom is -0.326 e. The molecule has 0 amide bonds. The van der Waals surface area contributed by atoms with E-state index in [4.69, 9.17) is 0 Å². The molecule has 0 aliphatic carbocycles. The van der Waals surface area contributed by atoms with E-state index in [1.54, 1.807) is 4.57 Å². The molecule has 0 spiro atoms. The Labute approximate surface area is 106 Å². The Bertz CT molecular complexity index is 752. The third-order valence-corrected chi connectivity index (χ3v) is 2.78. The number of aromatic nitrogens is 3. The fourth-order valence-corrected chi connectivity index (χ4v) is 1.92. The largest absolute Gasteiger partial charge is 0.326 e. The molecule has 0 saturated carbocycles. The molecule has 6 heteroatoms. The number of nitrogens with zero attached hydrogens (tertiary/aromatic N) is 3. The van der Waals surface area contributed by atoms with Gasteiger partial charge in [-0.05, 0) is 11.6 Å². The summed E-state index contributed by atoms with van der Waals surface area (Å²) in [5.74, 6) is -2.32. The van der Waals surface area contributed by atoms with Crippen LogP contribution in [-0.2, 0) is 6.54 Å². The first-order valence-electron chi connectivity index (χ1n) is 5.53. The van der Waals surface area contributed by atoms with Crippen molar-refractivity contribution < 1.29 is 13.2 Å². The van der Waals surface area contributed by atoms with Gasteiger partial charge in [0.15, 0.2) is 11.6 Å². The second-order valence-electron chi connectivity index (χ2n) is 4.14. The molecule has 0 aliphatic rings. The molecule has 0 N–H and O–H groups in total. The molecule has 0 unspecified atom stereocenters. The predicted molar refractivity (Wildman–Crippen MR) is 62.9 cm³/mol. The number of halogens is 3. The highest BCUT2D eigenvalue weighted by Gasteiger charge is 2.09. The van der Waals surface area contributed by atoms with Gasteiger partial charge < -0.3 is 4.57 Å². The van der Waals surface area contributed by atoms with Gasteiger partial charge in [-0.2, -0.15) is 0 Å². The Morgan fingerprint density at radius 2 is 1.79 bits per heavy atom. The van der Waals surface area contributed by atoms with Gasteiger partial charge in [0.25, 0.3) is 0 Å². The molecule has 0 atom stereocenters. The maximum atomic E-state index is 13.2. The quantitative estimate of drug-likeness (QED) is 0.711. The van der Waals surface area contributed by atoms with Crippen molar-refractivity contribution in [3.63, 3.8) is 0 Å². The molecule has 2 aromatic heterocycles. The Morgan fingerprint density at radius 1 is 1.00 bits per heavy atom. The first kappa shape index (κ1) is 11.7. The molecule has 0 fully saturated rings. The van der Waals surface area contributed by atoms with Crippen LogP contribution in [0.25, 0.3) is 11.0 Å². The molecule has 2 heterocycles. The highest BCUT2D eigenvalue weighted by atomic mass is 19.2. The Balaban J connectivity index is 2.04. The first-order valence-corrected chi connectivity index (χ1v) is 5.53.